The maximum Gasteiger partial charge on any atom is 0.147 e. The molecule has 0 spiro atoms. The zero-order valence-corrected chi connectivity index (χ0v) is 11.7. The highest BCUT2D eigenvalue weighted by molar-refractivity contribution is 9.10. The van der Waals surface area contributed by atoms with E-state index in [-0.39, 0.29) is 5.82 Å². The summed E-state index contributed by atoms with van der Waals surface area (Å²) >= 11 is 3.35. The fourth-order valence-corrected chi connectivity index (χ4v) is 2.63. The summed E-state index contributed by atoms with van der Waals surface area (Å²) in [4.78, 5) is 3.21. The number of fused-ring (bicyclic) bond motifs is 1. The fourth-order valence-electron chi connectivity index (χ4n) is 2.15. The summed E-state index contributed by atoms with van der Waals surface area (Å²) in [6, 6.07) is 13.1. The minimum absolute atomic E-state index is 0.256. The molecule has 2 N–H and O–H groups in total. The van der Waals surface area contributed by atoms with Crippen molar-refractivity contribution in [3.05, 3.63) is 64.5 Å². The first-order chi connectivity index (χ1) is 9.25. The molecule has 0 fully saturated rings. The van der Waals surface area contributed by atoms with E-state index in [1.54, 1.807) is 6.07 Å². The lowest BCUT2D eigenvalue weighted by molar-refractivity contribution is 0.629. The first-order valence-electron chi connectivity index (χ1n) is 5.98. The van der Waals surface area contributed by atoms with Gasteiger partial charge in [0.1, 0.15) is 5.82 Å². The van der Waals surface area contributed by atoms with E-state index in [4.69, 9.17) is 0 Å². The van der Waals surface area contributed by atoms with E-state index in [9.17, 15) is 4.39 Å². The van der Waals surface area contributed by atoms with Gasteiger partial charge in [0.05, 0.1) is 11.2 Å². The molecular weight excluding hydrogens is 307 g/mol. The molecule has 0 amide bonds. The van der Waals surface area contributed by atoms with Crippen molar-refractivity contribution >= 4 is 32.5 Å². The second-order valence-electron chi connectivity index (χ2n) is 4.31. The van der Waals surface area contributed by atoms with Gasteiger partial charge in [-0.2, -0.15) is 0 Å². The number of hydrogen-bond donors (Lipinski definition) is 2. The third-order valence-corrected chi connectivity index (χ3v) is 3.75. The van der Waals surface area contributed by atoms with Crippen molar-refractivity contribution in [3.63, 3.8) is 0 Å². The zero-order valence-electron chi connectivity index (χ0n) is 10.1. The van der Waals surface area contributed by atoms with E-state index in [1.807, 2.05) is 36.5 Å². The lowest BCUT2D eigenvalue weighted by Crippen LogP contribution is -2.02. The van der Waals surface area contributed by atoms with Crippen molar-refractivity contribution in [1.29, 1.82) is 0 Å². The van der Waals surface area contributed by atoms with Gasteiger partial charge in [-0.1, -0.05) is 24.3 Å². The van der Waals surface area contributed by atoms with Crippen LogP contribution < -0.4 is 5.32 Å². The number of anilines is 1. The number of halogens is 2. The number of H-pyrrole nitrogens is 1. The SMILES string of the molecule is Fc1cccc(Br)c1NCc1cccc2cc[nH]c12. The van der Waals surface area contributed by atoms with Gasteiger partial charge in [-0.05, 0) is 45.1 Å². The average molecular weight is 319 g/mol. The van der Waals surface area contributed by atoms with Crippen LogP contribution in [0.3, 0.4) is 0 Å². The molecule has 19 heavy (non-hydrogen) atoms. The predicted octanol–water partition coefficient (Wildman–Crippen LogP) is 4.68. The Hall–Kier alpha value is -1.81. The minimum Gasteiger partial charge on any atom is -0.378 e. The lowest BCUT2D eigenvalue weighted by Gasteiger charge is -2.10. The van der Waals surface area contributed by atoms with Gasteiger partial charge in [-0.15, -0.1) is 0 Å². The largest absolute Gasteiger partial charge is 0.378 e. The number of hydrogen-bond acceptors (Lipinski definition) is 1. The Morgan fingerprint density at radius 2 is 1.95 bits per heavy atom. The first kappa shape index (κ1) is 12.2. The maximum atomic E-state index is 13.7. The van der Waals surface area contributed by atoms with Crippen LogP contribution in [0.25, 0.3) is 10.9 Å². The van der Waals surface area contributed by atoms with Gasteiger partial charge in [0, 0.05) is 17.2 Å². The smallest absolute Gasteiger partial charge is 0.147 e. The van der Waals surface area contributed by atoms with Crippen LogP contribution in [0.2, 0.25) is 0 Å². The summed E-state index contributed by atoms with van der Waals surface area (Å²) in [6.45, 7) is 0.567. The summed E-state index contributed by atoms with van der Waals surface area (Å²) in [7, 11) is 0. The molecule has 4 heteroatoms. The van der Waals surface area contributed by atoms with E-state index in [0.29, 0.717) is 12.2 Å². The molecule has 0 saturated heterocycles. The molecule has 2 aromatic carbocycles. The second kappa shape index (κ2) is 5.05. The Labute approximate surface area is 118 Å². The number of benzene rings is 2. The molecule has 1 aromatic heterocycles. The molecule has 2 nitrogen and oxygen atoms in total. The number of para-hydroxylation sites is 2. The third kappa shape index (κ3) is 2.36. The van der Waals surface area contributed by atoms with Crippen molar-refractivity contribution in [2.24, 2.45) is 0 Å². The minimum atomic E-state index is -0.256. The monoisotopic (exact) mass is 318 g/mol. The molecule has 3 rings (SSSR count). The summed E-state index contributed by atoms with van der Waals surface area (Å²) in [5, 5.41) is 4.30. The van der Waals surface area contributed by atoms with E-state index in [0.717, 1.165) is 20.9 Å². The van der Waals surface area contributed by atoms with Crippen LogP contribution in [0.1, 0.15) is 5.56 Å². The van der Waals surface area contributed by atoms with Gasteiger partial charge >= 0.3 is 0 Å². The number of aromatic nitrogens is 1. The summed E-state index contributed by atoms with van der Waals surface area (Å²) < 4.78 is 14.4. The molecule has 96 valence electrons. The molecule has 0 aliphatic rings. The normalized spacial score (nSPS) is 10.8. The van der Waals surface area contributed by atoms with Crippen LogP contribution in [-0.2, 0) is 6.54 Å². The van der Waals surface area contributed by atoms with Crippen molar-refractivity contribution in [2.75, 3.05) is 5.32 Å². The van der Waals surface area contributed by atoms with Crippen LogP contribution >= 0.6 is 15.9 Å². The lowest BCUT2D eigenvalue weighted by atomic mass is 10.1. The topological polar surface area (TPSA) is 27.8 Å². The Morgan fingerprint density at radius 1 is 1.11 bits per heavy atom. The molecule has 3 aromatic rings. The quantitative estimate of drug-likeness (QED) is 0.721. The van der Waals surface area contributed by atoms with E-state index >= 15 is 0 Å². The molecule has 0 aliphatic heterocycles. The zero-order chi connectivity index (χ0) is 13.2. The summed E-state index contributed by atoms with van der Waals surface area (Å²) in [5.74, 6) is -0.256. The van der Waals surface area contributed by atoms with E-state index in [2.05, 4.69) is 26.2 Å². The van der Waals surface area contributed by atoms with Gasteiger partial charge in [-0.3, -0.25) is 0 Å². The standard InChI is InChI=1S/C15H12BrFN2/c16-12-5-2-6-13(17)15(12)19-9-11-4-1-3-10-7-8-18-14(10)11/h1-8,18-19H,9H2. The van der Waals surface area contributed by atoms with Gasteiger partial charge in [-0.25, -0.2) is 4.39 Å². The number of aromatic amines is 1. The first-order valence-corrected chi connectivity index (χ1v) is 6.78. The Kier molecular flexibility index (Phi) is 3.25. The maximum absolute atomic E-state index is 13.7. The predicted molar refractivity (Wildman–Crippen MR) is 79.7 cm³/mol. The van der Waals surface area contributed by atoms with Crippen molar-refractivity contribution in [2.45, 2.75) is 6.54 Å². The molecular formula is C15H12BrFN2. The van der Waals surface area contributed by atoms with Crippen LogP contribution in [0.5, 0.6) is 0 Å². The van der Waals surface area contributed by atoms with E-state index < -0.39 is 0 Å². The van der Waals surface area contributed by atoms with Crippen molar-refractivity contribution < 1.29 is 4.39 Å². The fraction of sp³-hybridized carbons (Fsp3) is 0.0667. The van der Waals surface area contributed by atoms with Gasteiger partial charge in [0.2, 0.25) is 0 Å². The van der Waals surface area contributed by atoms with Gasteiger partial charge in [0.15, 0.2) is 0 Å². The van der Waals surface area contributed by atoms with Crippen LogP contribution in [0, 0.1) is 5.82 Å². The average Bonchev–Trinajstić information content (AvgIpc) is 2.87. The highest BCUT2D eigenvalue weighted by Gasteiger charge is 2.07. The molecule has 0 bridgehead atoms. The molecule has 0 radical (unpaired) electrons. The van der Waals surface area contributed by atoms with Crippen LogP contribution in [0.4, 0.5) is 10.1 Å². The molecule has 0 unspecified atom stereocenters. The third-order valence-electron chi connectivity index (χ3n) is 3.09. The van der Waals surface area contributed by atoms with Gasteiger partial charge in [0.25, 0.3) is 0 Å². The highest BCUT2D eigenvalue weighted by Crippen LogP contribution is 2.26. The Bertz CT molecular complexity index is 701. The molecule has 0 aliphatic carbocycles. The summed E-state index contributed by atoms with van der Waals surface area (Å²) in [6.07, 6.45) is 1.91. The number of nitrogens with one attached hydrogen (secondary N) is 2. The molecule has 0 saturated carbocycles. The molecule has 0 atom stereocenters. The van der Waals surface area contributed by atoms with Crippen LogP contribution in [-0.4, -0.2) is 4.98 Å². The Morgan fingerprint density at radius 3 is 2.79 bits per heavy atom. The van der Waals surface area contributed by atoms with Gasteiger partial charge < -0.3 is 10.3 Å². The highest BCUT2D eigenvalue weighted by atomic mass is 79.9. The van der Waals surface area contributed by atoms with Crippen molar-refractivity contribution in [3.8, 4) is 0 Å². The van der Waals surface area contributed by atoms with Crippen LogP contribution in [0.15, 0.2) is 53.1 Å². The summed E-state index contributed by atoms with van der Waals surface area (Å²) in [5.41, 5.74) is 2.69. The van der Waals surface area contributed by atoms with E-state index in [1.165, 1.54) is 6.07 Å². The second-order valence-corrected chi connectivity index (χ2v) is 5.16. The van der Waals surface area contributed by atoms with Crippen molar-refractivity contribution in [1.82, 2.24) is 4.98 Å². The Balaban J connectivity index is 1.88. The molecule has 1 heterocycles. The number of rotatable bonds is 3.